The number of carboxylic acid groups (broad SMARTS) is 1. The van der Waals surface area contributed by atoms with Crippen molar-refractivity contribution < 1.29 is 27.9 Å². The molecule has 2 aliphatic rings. The third-order valence-electron chi connectivity index (χ3n) is 5.92. The van der Waals surface area contributed by atoms with Crippen molar-refractivity contribution in [2.75, 3.05) is 23.7 Å². The Hall–Kier alpha value is -2.42. The van der Waals surface area contributed by atoms with E-state index in [4.69, 9.17) is 5.11 Å². The van der Waals surface area contributed by atoms with Gasteiger partial charge in [0.05, 0.1) is 23.9 Å². The van der Waals surface area contributed by atoms with Crippen molar-refractivity contribution in [2.45, 2.75) is 52.5 Å². The zero-order chi connectivity index (χ0) is 23.3. The second-order valence-corrected chi connectivity index (χ2v) is 9.68. The number of amides is 1. The zero-order valence-corrected chi connectivity index (χ0v) is 19.4. The SMILES string of the molecule is CC.C[C@@H]1[C@H](CCC(=O)N2CCC(C(=O)O)CC2)C(=O)c2ccccc2N1S(C)(=O)=O. The average Bonchev–Trinajstić information content (AvgIpc) is 2.74. The van der Waals surface area contributed by atoms with E-state index in [9.17, 15) is 22.8 Å². The van der Waals surface area contributed by atoms with E-state index in [2.05, 4.69) is 0 Å². The van der Waals surface area contributed by atoms with Crippen LogP contribution in [0, 0.1) is 11.8 Å². The van der Waals surface area contributed by atoms with Gasteiger partial charge in [-0.1, -0.05) is 26.0 Å². The molecule has 1 amide bonds. The summed E-state index contributed by atoms with van der Waals surface area (Å²) in [6.07, 6.45) is 2.34. The molecule has 0 spiro atoms. The van der Waals surface area contributed by atoms with Crippen LogP contribution in [0.2, 0.25) is 0 Å². The largest absolute Gasteiger partial charge is 0.481 e. The van der Waals surface area contributed by atoms with E-state index in [-0.39, 0.29) is 24.5 Å². The second-order valence-electron chi connectivity index (χ2n) is 7.82. The number of carbonyl (C=O) groups excluding carboxylic acids is 2. The van der Waals surface area contributed by atoms with Crippen LogP contribution < -0.4 is 4.31 Å². The molecule has 9 heteroatoms. The predicted octanol–water partition coefficient (Wildman–Crippen LogP) is 2.78. The molecular formula is C22H32N2O6S. The molecule has 2 atom stereocenters. The Labute approximate surface area is 184 Å². The van der Waals surface area contributed by atoms with E-state index in [0.717, 1.165) is 6.26 Å². The number of ketones is 1. The molecule has 0 saturated carbocycles. The van der Waals surface area contributed by atoms with Crippen LogP contribution in [0.4, 0.5) is 5.69 Å². The van der Waals surface area contributed by atoms with Crippen molar-refractivity contribution in [3.63, 3.8) is 0 Å². The molecule has 1 fully saturated rings. The Bertz CT molecular complexity index is 922. The average molecular weight is 453 g/mol. The molecule has 1 aromatic carbocycles. The first-order valence-electron chi connectivity index (χ1n) is 10.7. The van der Waals surface area contributed by atoms with Crippen LogP contribution in [0.1, 0.15) is 56.8 Å². The third kappa shape index (κ3) is 5.44. The van der Waals surface area contributed by atoms with Gasteiger partial charge in [-0.2, -0.15) is 0 Å². The number of aliphatic carboxylic acids is 1. The summed E-state index contributed by atoms with van der Waals surface area (Å²) >= 11 is 0. The number of benzene rings is 1. The normalized spacial score (nSPS) is 21.7. The number of para-hydroxylation sites is 1. The van der Waals surface area contributed by atoms with Gasteiger partial charge in [0.15, 0.2) is 5.78 Å². The number of piperidine rings is 1. The molecule has 1 saturated heterocycles. The summed E-state index contributed by atoms with van der Waals surface area (Å²) in [5, 5.41) is 9.07. The quantitative estimate of drug-likeness (QED) is 0.735. The maximum absolute atomic E-state index is 13.0. The molecular weight excluding hydrogens is 420 g/mol. The van der Waals surface area contributed by atoms with Crippen LogP contribution in [0.25, 0.3) is 0 Å². The van der Waals surface area contributed by atoms with Crippen molar-refractivity contribution in [3.8, 4) is 0 Å². The van der Waals surface area contributed by atoms with E-state index in [1.807, 2.05) is 13.8 Å². The molecule has 0 bridgehead atoms. The lowest BCUT2D eigenvalue weighted by Gasteiger charge is -2.39. The number of Topliss-reactive ketones (excluding diaryl/α,β-unsaturated/α-hetero) is 1. The van der Waals surface area contributed by atoms with Crippen LogP contribution in [0.3, 0.4) is 0 Å². The number of nitrogens with zero attached hydrogens (tertiary/aromatic N) is 2. The first kappa shape index (κ1) is 24.8. The van der Waals surface area contributed by atoms with Crippen molar-refractivity contribution in [3.05, 3.63) is 29.8 Å². The first-order valence-corrected chi connectivity index (χ1v) is 12.6. The molecule has 1 aromatic rings. The molecule has 1 N–H and O–H groups in total. The lowest BCUT2D eigenvalue weighted by molar-refractivity contribution is -0.145. The summed E-state index contributed by atoms with van der Waals surface area (Å²) in [5.41, 5.74) is 0.738. The van der Waals surface area contributed by atoms with Gasteiger partial charge in [-0.3, -0.25) is 18.7 Å². The number of hydrogen-bond donors (Lipinski definition) is 1. The number of rotatable bonds is 5. The van der Waals surface area contributed by atoms with Gasteiger partial charge in [0.25, 0.3) is 0 Å². The van der Waals surface area contributed by atoms with Crippen molar-refractivity contribution in [2.24, 2.45) is 11.8 Å². The Kier molecular flexibility index (Phi) is 8.22. The molecule has 0 aromatic heterocycles. The topological polar surface area (TPSA) is 112 Å². The van der Waals surface area contributed by atoms with Gasteiger partial charge in [0.1, 0.15) is 0 Å². The molecule has 8 nitrogen and oxygen atoms in total. The van der Waals surface area contributed by atoms with Gasteiger partial charge < -0.3 is 10.0 Å². The van der Waals surface area contributed by atoms with Crippen molar-refractivity contribution in [1.29, 1.82) is 0 Å². The highest BCUT2D eigenvalue weighted by Gasteiger charge is 2.41. The van der Waals surface area contributed by atoms with Crippen LogP contribution in [0.15, 0.2) is 24.3 Å². The fourth-order valence-electron chi connectivity index (χ4n) is 4.34. The molecule has 0 aliphatic carbocycles. The molecule has 0 radical (unpaired) electrons. The summed E-state index contributed by atoms with van der Waals surface area (Å²) in [7, 11) is -3.59. The van der Waals surface area contributed by atoms with Crippen LogP contribution in [-0.2, 0) is 19.6 Å². The number of hydrogen-bond acceptors (Lipinski definition) is 5. The molecule has 3 rings (SSSR count). The molecule has 172 valence electrons. The van der Waals surface area contributed by atoms with Crippen molar-refractivity contribution >= 4 is 33.4 Å². The number of carbonyl (C=O) groups is 3. The highest BCUT2D eigenvalue weighted by molar-refractivity contribution is 7.92. The van der Waals surface area contributed by atoms with Gasteiger partial charge in [0, 0.05) is 31.0 Å². The van der Waals surface area contributed by atoms with Crippen LogP contribution in [0.5, 0.6) is 0 Å². The Morgan fingerprint density at radius 3 is 2.26 bits per heavy atom. The Morgan fingerprint density at radius 1 is 1.13 bits per heavy atom. The summed E-state index contributed by atoms with van der Waals surface area (Å²) in [4.78, 5) is 38.3. The zero-order valence-electron chi connectivity index (χ0n) is 18.6. The highest BCUT2D eigenvalue weighted by Crippen LogP contribution is 2.37. The molecule has 31 heavy (non-hydrogen) atoms. The predicted molar refractivity (Wildman–Crippen MR) is 119 cm³/mol. The summed E-state index contributed by atoms with van der Waals surface area (Å²) in [6, 6.07) is 6.05. The molecule has 2 heterocycles. The fraction of sp³-hybridized carbons (Fsp3) is 0.591. The number of fused-ring (bicyclic) bond motifs is 1. The smallest absolute Gasteiger partial charge is 0.306 e. The summed E-state index contributed by atoms with van der Waals surface area (Å²) < 4.78 is 26.0. The third-order valence-corrected chi connectivity index (χ3v) is 7.16. The highest BCUT2D eigenvalue weighted by atomic mass is 32.2. The lowest BCUT2D eigenvalue weighted by Crippen LogP contribution is -2.49. The number of likely N-dealkylation sites (tertiary alicyclic amines) is 1. The van der Waals surface area contributed by atoms with Gasteiger partial charge >= 0.3 is 5.97 Å². The first-order chi connectivity index (χ1) is 14.6. The Morgan fingerprint density at radius 2 is 1.71 bits per heavy atom. The van der Waals surface area contributed by atoms with E-state index >= 15 is 0 Å². The van der Waals surface area contributed by atoms with E-state index in [0.29, 0.717) is 37.2 Å². The van der Waals surface area contributed by atoms with Crippen LogP contribution in [-0.4, -0.2) is 61.5 Å². The van der Waals surface area contributed by atoms with Gasteiger partial charge in [-0.05, 0) is 38.3 Å². The number of sulfonamides is 1. The molecule has 2 aliphatic heterocycles. The van der Waals surface area contributed by atoms with E-state index in [1.165, 1.54) is 4.31 Å². The van der Waals surface area contributed by atoms with Crippen LogP contribution >= 0.6 is 0 Å². The monoisotopic (exact) mass is 452 g/mol. The summed E-state index contributed by atoms with van der Waals surface area (Å²) in [6.45, 7) is 6.48. The minimum Gasteiger partial charge on any atom is -0.481 e. The molecule has 0 unspecified atom stereocenters. The standard InChI is InChI=1S/C20H26N2O6S.C2H6/c1-13-15(7-8-18(23)21-11-9-14(10-12-21)20(25)26)19(24)16-5-3-4-6-17(16)22(13)29(2,27)28;1-2/h3-6,13-15H,7-12H2,1-2H3,(H,25,26);1-2H3/t13-,15+;/m1./s1. The van der Waals surface area contributed by atoms with Crippen molar-refractivity contribution in [1.82, 2.24) is 4.90 Å². The maximum atomic E-state index is 13.0. The van der Waals surface area contributed by atoms with E-state index in [1.54, 1.807) is 36.1 Å². The maximum Gasteiger partial charge on any atom is 0.306 e. The van der Waals surface area contributed by atoms with E-state index < -0.39 is 33.9 Å². The minimum atomic E-state index is -3.59. The second kappa shape index (κ2) is 10.3. The number of anilines is 1. The van der Waals surface area contributed by atoms with Gasteiger partial charge in [-0.15, -0.1) is 0 Å². The Balaban J connectivity index is 0.00000166. The number of carboxylic acids is 1. The van der Waals surface area contributed by atoms with Gasteiger partial charge in [0.2, 0.25) is 15.9 Å². The lowest BCUT2D eigenvalue weighted by atomic mass is 9.83. The summed E-state index contributed by atoms with van der Waals surface area (Å²) in [5.74, 6) is -2.14. The van der Waals surface area contributed by atoms with Gasteiger partial charge in [-0.25, -0.2) is 8.42 Å². The fourth-order valence-corrected chi connectivity index (χ4v) is 5.61. The minimum absolute atomic E-state index is 0.123.